The van der Waals surface area contributed by atoms with Gasteiger partial charge in [0.1, 0.15) is 5.75 Å². The Bertz CT molecular complexity index is 437. The highest BCUT2D eigenvalue weighted by atomic mass is 16.5. The van der Waals surface area contributed by atoms with Crippen LogP contribution in [0.5, 0.6) is 5.75 Å². The second kappa shape index (κ2) is 5.72. The Hall–Kier alpha value is -1.39. The number of ether oxygens (including phenoxy) is 1. The van der Waals surface area contributed by atoms with E-state index in [0.717, 1.165) is 19.5 Å². The average Bonchev–Trinajstić information content (AvgIpc) is 2.47. The zero-order chi connectivity index (χ0) is 13.9. The number of carbonyl (C=O) groups is 1. The van der Waals surface area contributed by atoms with Crippen LogP contribution in [0.1, 0.15) is 30.6 Å². The van der Waals surface area contributed by atoms with E-state index in [-0.39, 0.29) is 11.5 Å². The van der Waals surface area contributed by atoms with Crippen LogP contribution in [-0.2, 0) is 4.74 Å². The van der Waals surface area contributed by atoms with Gasteiger partial charge in [0.2, 0.25) is 0 Å². The largest absolute Gasteiger partial charge is 0.508 e. The fourth-order valence-electron chi connectivity index (χ4n) is 2.51. The number of morpholine rings is 1. The normalized spacial score (nSPS) is 19.9. The van der Waals surface area contributed by atoms with E-state index in [2.05, 4.69) is 4.90 Å². The second-order valence-corrected chi connectivity index (χ2v) is 5.10. The maximum absolute atomic E-state index is 12.7. The van der Waals surface area contributed by atoms with Crippen LogP contribution in [0, 0.1) is 0 Å². The number of rotatable bonds is 4. The third-order valence-electron chi connectivity index (χ3n) is 4.02. The lowest BCUT2D eigenvalue weighted by Gasteiger charge is -2.41. The molecular weight excluding hydrogens is 242 g/mol. The summed E-state index contributed by atoms with van der Waals surface area (Å²) in [5.41, 5.74) is 0.148. The van der Waals surface area contributed by atoms with Crippen LogP contribution in [0.4, 0.5) is 0 Å². The molecule has 2 rings (SSSR count). The number of carbonyl (C=O) groups excluding carboxylic acids is 1. The van der Waals surface area contributed by atoms with Gasteiger partial charge in [0.05, 0.1) is 18.8 Å². The number of phenolic OH excluding ortho intramolecular Hbond substituents is 1. The topological polar surface area (TPSA) is 49.8 Å². The molecule has 104 valence electrons. The number of benzene rings is 1. The van der Waals surface area contributed by atoms with E-state index >= 15 is 0 Å². The summed E-state index contributed by atoms with van der Waals surface area (Å²) in [6.45, 7) is 6.96. The van der Waals surface area contributed by atoms with E-state index in [1.54, 1.807) is 24.3 Å². The van der Waals surface area contributed by atoms with Crippen molar-refractivity contribution in [2.75, 3.05) is 26.3 Å². The second-order valence-electron chi connectivity index (χ2n) is 5.10. The first kappa shape index (κ1) is 14.0. The van der Waals surface area contributed by atoms with Gasteiger partial charge in [-0.2, -0.15) is 0 Å². The molecule has 0 bridgehead atoms. The predicted molar refractivity (Wildman–Crippen MR) is 73.5 cm³/mol. The lowest BCUT2D eigenvalue weighted by molar-refractivity contribution is -0.0106. The van der Waals surface area contributed by atoms with Gasteiger partial charge in [-0.15, -0.1) is 0 Å². The number of aromatic hydroxyl groups is 1. The number of hydrogen-bond donors (Lipinski definition) is 1. The van der Waals surface area contributed by atoms with Gasteiger partial charge in [0.15, 0.2) is 5.78 Å². The molecule has 19 heavy (non-hydrogen) atoms. The van der Waals surface area contributed by atoms with Gasteiger partial charge < -0.3 is 9.84 Å². The standard InChI is InChI=1S/C15H21NO3/c1-3-15(2,16-8-10-19-11-9-16)14(18)12-4-6-13(17)7-5-12/h4-7,17H,3,8-11H2,1-2H3. The molecule has 4 heteroatoms. The van der Waals surface area contributed by atoms with Gasteiger partial charge in [-0.1, -0.05) is 6.92 Å². The fourth-order valence-corrected chi connectivity index (χ4v) is 2.51. The maximum atomic E-state index is 12.7. The lowest BCUT2D eigenvalue weighted by atomic mass is 9.86. The van der Waals surface area contributed by atoms with Gasteiger partial charge in [-0.3, -0.25) is 9.69 Å². The molecule has 1 aromatic rings. The molecule has 1 saturated heterocycles. The summed E-state index contributed by atoms with van der Waals surface area (Å²) in [5.74, 6) is 0.290. The average molecular weight is 263 g/mol. The molecule has 0 saturated carbocycles. The fraction of sp³-hybridized carbons (Fsp3) is 0.533. The Morgan fingerprint density at radius 3 is 2.42 bits per heavy atom. The minimum absolute atomic E-state index is 0.108. The van der Waals surface area contributed by atoms with Gasteiger partial charge in [-0.05, 0) is 37.6 Å². The van der Waals surface area contributed by atoms with Crippen LogP contribution in [0.2, 0.25) is 0 Å². The summed E-state index contributed by atoms with van der Waals surface area (Å²) in [6.07, 6.45) is 0.757. The summed E-state index contributed by atoms with van der Waals surface area (Å²) in [5, 5.41) is 9.31. The van der Waals surface area contributed by atoms with Crippen molar-refractivity contribution in [3.8, 4) is 5.75 Å². The molecule has 1 unspecified atom stereocenters. The first-order valence-electron chi connectivity index (χ1n) is 6.74. The van der Waals surface area contributed by atoms with Gasteiger partial charge in [-0.25, -0.2) is 0 Å². The highest BCUT2D eigenvalue weighted by Crippen LogP contribution is 2.26. The number of phenols is 1. The molecule has 0 aliphatic carbocycles. The van der Waals surface area contributed by atoms with Crippen molar-refractivity contribution in [2.45, 2.75) is 25.8 Å². The third-order valence-corrected chi connectivity index (χ3v) is 4.02. The Morgan fingerprint density at radius 1 is 1.32 bits per heavy atom. The Labute approximate surface area is 114 Å². The number of nitrogens with zero attached hydrogens (tertiary/aromatic N) is 1. The van der Waals surface area contributed by atoms with Crippen LogP contribution in [0.25, 0.3) is 0 Å². The first-order valence-corrected chi connectivity index (χ1v) is 6.74. The molecule has 0 radical (unpaired) electrons. The molecule has 1 aliphatic rings. The van der Waals surface area contributed by atoms with Gasteiger partial charge in [0.25, 0.3) is 0 Å². The molecule has 1 aliphatic heterocycles. The molecule has 1 fully saturated rings. The maximum Gasteiger partial charge on any atom is 0.182 e. The molecule has 0 spiro atoms. The summed E-state index contributed by atoms with van der Waals surface area (Å²) < 4.78 is 5.35. The SMILES string of the molecule is CCC(C)(C(=O)c1ccc(O)cc1)N1CCOCC1. The molecular formula is C15H21NO3. The van der Waals surface area contributed by atoms with E-state index in [0.29, 0.717) is 18.8 Å². The molecule has 1 aromatic carbocycles. The smallest absolute Gasteiger partial charge is 0.182 e. The minimum atomic E-state index is -0.499. The molecule has 1 N–H and O–H groups in total. The molecule has 1 heterocycles. The van der Waals surface area contributed by atoms with E-state index in [1.807, 2.05) is 13.8 Å². The quantitative estimate of drug-likeness (QED) is 0.845. The Balaban J connectivity index is 2.24. The summed E-state index contributed by atoms with van der Waals surface area (Å²) in [7, 11) is 0. The van der Waals surface area contributed by atoms with Crippen molar-refractivity contribution < 1.29 is 14.6 Å². The first-order chi connectivity index (χ1) is 9.08. The number of ketones is 1. The predicted octanol–water partition coefficient (Wildman–Crippen LogP) is 2.08. The summed E-state index contributed by atoms with van der Waals surface area (Å²) in [4.78, 5) is 14.9. The Kier molecular flexibility index (Phi) is 4.22. The highest BCUT2D eigenvalue weighted by molar-refractivity contribution is 6.03. The summed E-state index contributed by atoms with van der Waals surface area (Å²) in [6, 6.07) is 6.49. The summed E-state index contributed by atoms with van der Waals surface area (Å²) >= 11 is 0. The van der Waals surface area contributed by atoms with Crippen molar-refractivity contribution in [3.63, 3.8) is 0 Å². The van der Waals surface area contributed by atoms with Crippen LogP contribution >= 0.6 is 0 Å². The van der Waals surface area contributed by atoms with Crippen molar-refractivity contribution in [2.24, 2.45) is 0 Å². The number of hydrogen-bond acceptors (Lipinski definition) is 4. The van der Waals surface area contributed by atoms with Gasteiger partial charge >= 0.3 is 0 Å². The van der Waals surface area contributed by atoms with Crippen LogP contribution < -0.4 is 0 Å². The molecule has 1 atom stereocenters. The van der Waals surface area contributed by atoms with E-state index in [4.69, 9.17) is 4.74 Å². The molecule has 0 aromatic heterocycles. The minimum Gasteiger partial charge on any atom is -0.508 e. The van der Waals surface area contributed by atoms with Gasteiger partial charge in [0, 0.05) is 18.7 Å². The van der Waals surface area contributed by atoms with Crippen molar-refractivity contribution in [3.05, 3.63) is 29.8 Å². The van der Waals surface area contributed by atoms with Crippen molar-refractivity contribution in [1.29, 1.82) is 0 Å². The lowest BCUT2D eigenvalue weighted by Crippen LogP contribution is -2.56. The van der Waals surface area contributed by atoms with Crippen LogP contribution in [0.15, 0.2) is 24.3 Å². The molecule has 4 nitrogen and oxygen atoms in total. The van der Waals surface area contributed by atoms with E-state index in [1.165, 1.54) is 0 Å². The van der Waals surface area contributed by atoms with Crippen molar-refractivity contribution in [1.82, 2.24) is 4.90 Å². The number of Topliss-reactive ketones (excluding diaryl/α,β-unsaturated/α-hetero) is 1. The third kappa shape index (κ3) is 2.80. The van der Waals surface area contributed by atoms with E-state index in [9.17, 15) is 9.90 Å². The zero-order valence-electron chi connectivity index (χ0n) is 11.6. The van der Waals surface area contributed by atoms with Crippen LogP contribution in [-0.4, -0.2) is 47.6 Å². The monoisotopic (exact) mass is 263 g/mol. The zero-order valence-corrected chi connectivity index (χ0v) is 11.6. The highest BCUT2D eigenvalue weighted by Gasteiger charge is 2.38. The Morgan fingerprint density at radius 2 is 1.89 bits per heavy atom. The van der Waals surface area contributed by atoms with Crippen LogP contribution in [0.3, 0.4) is 0 Å². The van der Waals surface area contributed by atoms with Crippen molar-refractivity contribution >= 4 is 5.78 Å². The molecule has 0 amide bonds. The van der Waals surface area contributed by atoms with E-state index < -0.39 is 5.54 Å².